The highest BCUT2D eigenvalue weighted by Gasteiger charge is 2.14. The Kier molecular flexibility index (Phi) is 4.59. The van der Waals surface area contributed by atoms with Crippen molar-refractivity contribution in [2.75, 3.05) is 31.2 Å². The fourth-order valence-electron chi connectivity index (χ4n) is 2.81. The maximum absolute atomic E-state index is 10.8. The normalized spacial score (nSPS) is 14.4. The van der Waals surface area contributed by atoms with E-state index in [1.54, 1.807) is 29.7 Å². The van der Waals surface area contributed by atoms with Crippen molar-refractivity contribution < 1.29 is 9.66 Å². The van der Waals surface area contributed by atoms with E-state index in [2.05, 4.69) is 14.9 Å². The number of rotatable bonds is 4. The second-order valence-electron chi connectivity index (χ2n) is 5.84. The molecule has 7 nitrogen and oxygen atoms in total. The average Bonchev–Trinajstić information content (AvgIpc) is 3.19. The summed E-state index contributed by atoms with van der Waals surface area (Å²) in [5.74, 6) is 0.929. The third-order valence-electron chi connectivity index (χ3n) is 4.21. The molecule has 26 heavy (non-hydrogen) atoms. The van der Waals surface area contributed by atoms with E-state index in [-0.39, 0.29) is 5.69 Å². The molecule has 1 aromatic carbocycles. The standard InChI is InChI=1S/C18H16N4O3S/c23-22(24)15-3-1-13(2-4-15)16-12-26-18(20-16)14-5-6-19-17(11-14)21-7-9-25-10-8-21/h1-6,11-12H,7-10H2. The Morgan fingerprint density at radius 1 is 1.12 bits per heavy atom. The van der Waals surface area contributed by atoms with E-state index in [4.69, 9.17) is 4.74 Å². The van der Waals surface area contributed by atoms with E-state index in [0.717, 1.165) is 40.7 Å². The predicted octanol–water partition coefficient (Wildman–Crippen LogP) is 3.62. The minimum atomic E-state index is -0.402. The van der Waals surface area contributed by atoms with Gasteiger partial charge in [0.25, 0.3) is 5.69 Å². The molecule has 0 saturated carbocycles. The van der Waals surface area contributed by atoms with E-state index in [1.807, 2.05) is 17.5 Å². The first kappa shape index (κ1) is 16.6. The fourth-order valence-corrected chi connectivity index (χ4v) is 3.64. The number of anilines is 1. The van der Waals surface area contributed by atoms with Gasteiger partial charge in [0.05, 0.1) is 23.8 Å². The Balaban J connectivity index is 1.58. The summed E-state index contributed by atoms with van der Waals surface area (Å²) >= 11 is 1.55. The van der Waals surface area contributed by atoms with Crippen molar-refractivity contribution in [3.63, 3.8) is 0 Å². The lowest BCUT2D eigenvalue weighted by Gasteiger charge is -2.27. The lowest BCUT2D eigenvalue weighted by atomic mass is 10.1. The summed E-state index contributed by atoms with van der Waals surface area (Å²) in [6, 6.07) is 10.4. The van der Waals surface area contributed by atoms with Gasteiger partial charge in [0.1, 0.15) is 10.8 Å². The van der Waals surface area contributed by atoms with E-state index in [1.165, 1.54) is 12.1 Å². The molecule has 0 atom stereocenters. The summed E-state index contributed by atoms with van der Waals surface area (Å²) in [6.45, 7) is 3.10. The van der Waals surface area contributed by atoms with Crippen LogP contribution in [0.1, 0.15) is 0 Å². The zero-order valence-corrected chi connectivity index (χ0v) is 14.7. The van der Waals surface area contributed by atoms with Crippen LogP contribution >= 0.6 is 11.3 Å². The number of nitrogens with zero attached hydrogens (tertiary/aromatic N) is 4. The van der Waals surface area contributed by atoms with Gasteiger partial charge in [-0.05, 0) is 24.3 Å². The third-order valence-corrected chi connectivity index (χ3v) is 5.10. The van der Waals surface area contributed by atoms with Gasteiger partial charge in [-0.25, -0.2) is 9.97 Å². The molecule has 1 saturated heterocycles. The quantitative estimate of drug-likeness (QED) is 0.517. The Labute approximate surface area is 154 Å². The van der Waals surface area contributed by atoms with Crippen molar-refractivity contribution >= 4 is 22.8 Å². The Morgan fingerprint density at radius 3 is 2.62 bits per heavy atom. The van der Waals surface area contributed by atoms with E-state index in [0.29, 0.717) is 13.2 Å². The molecule has 3 heterocycles. The monoisotopic (exact) mass is 368 g/mol. The number of hydrogen-bond donors (Lipinski definition) is 0. The molecule has 0 aliphatic carbocycles. The predicted molar refractivity (Wildman–Crippen MR) is 100 cm³/mol. The van der Waals surface area contributed by atoms with Crippen molar-refractivity contribution in [2.24, 2.45) is 0 Å². The highest BCUT2D eigenvalue weighted by Crippen LogP contribution is 2.31. The topological polar surface area (TPSA) is 81.4 Å². The van der Waals surface area contributed by atoms with Gasteiger partial charge in [0, 0.05) is 47.9 Å². The van der Waals surface area contributed by atoms with Crippen LogP contribution in [0, 0.1) is 10.1 Å². The number of pyridine rings is 1. The summed E-state index contributed by atoms with van der Waals surface area (Å²) in [6.07, 6.45) is 1.80. The molecule has 0 unspecified atom stereocenters. The van der Waals surface area contributed by atoms with Crippen LogP contribution in [0.2, 0.25) is 0 Å². The molecule has 1 aliphatic rings. The molecule has 3 aromatic rings. The number of benzene rings is 1. The average molecular weight is 368 g/mol. The van der Waals surface area contributed by atoms with E-state index in [9.17, 15) is 10.1 Å². The molecular formula is C18H16N4O3S. The minimum Gasteiger partial charge on any atom is -0.378 e. The van der Waals surface area contributed by atoms with Gasteiger partial charge in [-0.1, -0.05) is 0 Å². The van der Waals surface area contributed by atoms with Gasteiger partial charge < -0.3 is 9.64 Å². The molecule has 1 fully saturated rings. The highest BCUT2D eigenvalue weighted by molar-refractivity contribution is 7.13. The number of ether oxygens (including phenoxy) is 1. The number of nitro groups is 1. The lowest BCUT2D eigenvalue weighted by molar-refractivity contribution is -0.384. The Bertz CT molecular complexity index is 920. The number of aromatic nitrogens is 2. The molecule has 0 bridgehead atoms. The summed E-state index contributed by atoms with van der Waals surface area (Å²) in [5.41, 5.74) is 2.76. The smallest absolute Gasteiger partial charge is 0.269 e. The van der Waals surface area contributed by atoms with Gasteiger partial charge in [0.15, 0.2) is 0 Å². The van der Waals surface area contributed by atoms with Crippen LogP contribution in [0.15, 0.2) is 48.0 Å². The zero-order chi connectivity index (χ0) is 17.9. The molecule has 8 heteroatoms. The van der Waals surface area contributed by atoms with E-state index < -0.39 is 4.92 Å². The van der Waals surface area contributed by atoms with Crippen molar-refractivity contribution in [1.82, 2.24) is 9.97 Å². The van der Waals surface area contributed by atoms with Gasteiger partial charge in [-0.15, -0.1) is 11.3 Å². The molecular weight excluding hydrogens is 352 g/mol. The van der Waals surface area contributed by atoms with Crippen molar-refractivity contribution in [2.45, 2.75) is 0 Å². The molecule has 0 radical (unpaired) electrons. The molecule has 132 valence electrons. The molecule has 4 rings (SSSR count). The van der Waals surface area contributed by atoms with Gasteiger partial charge in [-0.3, -0.25) is 10.1 Å². The minimum absolute atomic E-state index is 0.0773. The lowest BCUT2D eigenvalue weighted by Crippen LogP contribution is -2.36. The second-order valence-corrected chi connectivity index (χ2v) is 6.70. The van der Waals surface area contributed by atoms with Crippen LogP contribution in [0.3, 0.4) is 0 Å². The van der Waals surface area contributed by atoms with Crippen LogP contribution in [-0.2, 0) is 4.74 Å². The van der Waals surface area contributed by atoms with Crippen LogP contribution in [0.5, 0.6) is 0 Å². The van der Waals surface area contributed by atoms with Crippen molar-refractivity contribution in [3.8, 4) is 21.8 Å². The van der Waals surface area contributed by atoms with Crippen molar-refractivity contribution in [1.29, 1.82) is 0 Å². The number of thiazole rings is 1. The first-order valence-corrected chi connectivity index (χ1v) is 9.08. The third kappa shape index (κ3) is 3.42. The fraction of sp³-hybridized carbons (Fsp3) is 0.222. The largest absolute Gasteiger partial charge is 0.378 e. The highest BCUT2D eigenvalue weighted by atomic mass is 32.1. The number of hydrogen-bond acceptors (Lipinski definition) is 7. The Morgan fingerprint density at radius 2 is 1.88 bits per heavy atom. The number of morpholine rings is 1. The summed E-state index contributed by atoms with van der Waals surface area (Å²) in [7, 11) is 0. The van der Waals surface area contributed by atoms with Crippen LogP contribution in [0.25, 0.3) is 21.8 Å². The molecule has 0 N–H and O–H groups in total. The molecule has 0 amide bonds. The second kappa shape index (κ2) is 7.19. The van der Waals surface area contributed by atoms with Gasteiger partial charge in [-0.2, -0.15) is 0 Å². The maximum Gasteiger partial charge on any atom is 0.269 e. The zero-order valence-electron chi connectivity index (χ0n) is 13.9. The summed E-state index contributed by atoms with van der Waals surface area (Å²) in [4.78, 5) is 21.7. The molecule has 2 aromatic heterocycles. The van der Waals surface area contributed by atoms with Crippen LogP contribution in [-0.4, -0.2) is 41.2 Å². The first-order valence-electron chi connectivity index (χ1n) is 8.20. The summed E-state index contributed by atoms with van der Waals surface area (Å²) < 4.78 is 5.39. The van der Waals surface area contributed by atoms with Crippen molar-refractivity contribution in [3.05, 3.63) is 58.1 Å². The SMILES string of the molecule is O=[N+]([O-])c1ccc(-c2csc(-c3ccnc(N4CCOCC4)c3)n2)cc1. The Hall–Kier alpha value is -2.84. The number of non-ortho nitro benzene ring substituents is 1. The van der Waals surface area contributed by atoms with Crippen LogP contribution in [0.4, 0.5) is 11.5 Å². The molecule has 0 spiro atoms. The van der Waals surface area contributed by atoms with Gasteiger partial charge >= 0.3 is 0 Å². The van der Waals surface area contributed by atoms with Gasteiger partial charge in [0.2, 0.25) is 0 Å². The number of nitro benzene ring substituents is 1. The van der Waals surface area contributed by atoms with E-state index >= 15 is 0 Å². The summed E-state index contributed by atoms with van der Waals surface area (Å²) in [5, 5.41) is 13.6. The first-order chi connectivity index (χ1) is 12.7. The molecule has 1 aliphatic heterocycles. The maximum atomic E-state index is 10.8. The van der Waals surface area contributed by atoms with Crippen LogP contribution < -0.4 is 4.90 Å².